The maximum Gasteiger partial charge on any atom is 0.417 e. The Kier molecular flexibility index (Phi) is 3.50. The van der Waals surface area contributed by atoms with Crippen LogP contribution >= 0.6 is 0 Å². The summed E-state index contributed by atoms with van der Waals surface area (Å²) in [6.07, 6.45) is 1.16. The van der Waals surface area contributed by atoms with E-state index < -0.39 is 6.09 Å². The van der Waals surface area contributed by atoms with Crippen LogP contribution in [0.2, 0.25) is 0 Å². The van der Waals surface area contributed by atoms with Crippen LogP contribution in [0.15, 0.2) is 18.2 Å². The van der Waals surface area contributed by atoms with E-state index in [1.54, 1.807) is 18.2 Å². The molecule has 1 aromatic carbocycles. The van der Waals surface area contributed by atoms with Gasteiger partial charge in [-0.3, -0.25) is 4.79 Å². The molecule has 0 radical (unpaired) electrons. The standard InChI is InChI=1S/C13H16N2O3/c1-2-3-6-18-13(17)15-8-9-4-5-10(14)7-11(9)12(15)16/h4-5,7H,2-3,6,8,14H2,1H3. The monoisotopic (exact) mass is 248 g/mol. The Bertz CT molecular complexity index is 485. The number of benzene rings is 1. The van der Waals surface area contributed by atoms with Crippen molar-refractivity contribution >= 4 is 17.7 Å². The highest BCUT2D eigenvalue weighted by molar-refractivity contribution is 6.06. The molecule has 5 nitrogen and oxygen atoms in total. The SMILES string of the molecule is CCCCOC(=O)N1Cc2ccc(N)cc2C1=O. The summed E-state index contributed by atoms with van der Waals surface area (Å²) in [5, 5.41) is 0. The number of nitrogen functional groups attached to an aromatic ring is 1. The molecular weight excluding hydrogens is 232 g/mol. The largest absolute Gasteiger partial charge is 0.449 e. The van der Waals surface area contributed by atoms with Gasteiger partial charge in [0.2, 0.25) is 0 Å². The van der Waals surface area contributed by atoms with Gasteiger partial charge in [0.15, 0.2) is 0 Å². The molecule has 1 aliphatic heterocycles. The number of imide groups is 1. The Morgan fingerprint density at radius 2 is 2.28 bits per heavy atom. The topological polar surface area (TPSA) is 72.6 Å². The van der Waals surface area contributed by atoms with E-state index in [9.17, 15) is 9.59 Å². The molecule has 0 aromatic heterocycles. The third-order valence-corrected chi connectivity index (χ3v) is 2.88. The lowest BCUT2D eigenvalue weighted by atomic mass is 10.1. The number of carbonyl (C=O) groups is 2. The molecule has 0 saturated carbocycles. The summed E-state index contributed by atoms with van der Waals surface area (Å²) in [6.45, 7) is 2.62. The molecule has 2 amide bonds. The van der Waals surface area contributed by atoms with E-state index in [0.29, 0.717) is 17.9 Å². The molecule has 96 valence electrons. The van der Waals surface area contributed by atoms with Gasteiger partial charge in [-0.15, -0.1) is 0 Å². The highest BCUT2D eigenvalue weighted by Crippen LogP contribution is 2.25. The predicted molar refractivity (Wildman–Crippen MR) is 67.0 cm³/mol. The van der Waals surface area contributed by atoms with E-state index in [0.717, 1.165) is 23.3 Å². The van der Waals surface area contributed by atoms with Crippen molar-refractivity contribution in [1.29, 1.82) is 0 Å². The lowest BCUT2D eigenvalue weighted by molar-refractivity contribution is 0.0678. The normalized spacial score (nSPS) is 13.6. The van der Waals surface area contributed by atoms with Crippen LogP contribution in [0.1, 0.15) is 35.7 Å². The second-order valence-corrected chi connectivity index (χ2v) is 4.28. The number of hydrogen-bond acceptors (Lipinski definition) is 4. The summed E-state index contributed by atoms with van der Waals surface area (Å²) < 4.78 is 5.03. The van der Waals surface area contributed by atoms with E-state index in [1.165, 1.54) is 0 Å². The molecule has 2 rings (SSSR count). The van der Waals surface area contributed by atoms with Crippen molar-refractivity contribution in [1.82, 2.24) is 4.90 Å². The highest BCUT2D eigenvalue weighted by atomic mass is 16.6. The van der Waals surface area contributed by atoms with E-state index in [4.69, 9.17) is 10.5 Å². The molecule has 0 unspecified atom stereocenters. The van der Waals surface area contributed by atoms with Gasteiger partial charge in [-0.1, -0.05) is 19.4 Å². The van der Waals surface area contributed by atoms with Crippen molar-refractivity contribution in [2.75, 3.05) is 12.3 Å². The summed E-state index contributed by atoms with van der Waals surface area (Å²) in [5.41, 5.74) is 7.44. The number of carbonyl (C=O) groups excluding carboxylic acids is 2. The van der Waals surface area contributed by atoms with Crippen LogP contribution < -0.4 is 5.73 Å². The molecule has 5 heteroatoms. The number of fused-ring (bicyclic) bond motifs is 1. The number of hydrogen-bond donors (Lipinski definition) is 1. The van der Waals surface area contributed by atoms with Gasteiger partial charge in [0.25, 0.3) is 5.91 Å². The van der Waals surface area contributed by atoms with Gasteiger partial charge >= 0.3 is 6.09 Å². The zero-order valence-corrected chi connectivity index (χ0v) is 10.3. The van der Waals surface area contributed by atoms with Crippen LogP contribution in [0.4, 0.5) is 10.5 Å². The van der Waals surface area contributed by atoms with Gasteiger partial charge in [0.1, 0.15) is 0 Å². The quantitative estimate of drug-likeness (QED) is 0.657. The van der Waals surface area contributed by atoms with E-state index in [1.807, 2.05) is 6.92 Å². The fourth-order valence-corrected chi connectivity index (χ4v) is 1.85. The van der Waals surface area contributed by atoms with E-state index in [2.05, 4.69) is 0 Å². The van der Waals surface area contributed by atoms with Crippen LogP contribution in [0.3, 0.4) is 0 Å². The number of unbranched alkanes of at least 4 members (excludes halogenated alkanes) is 1. The average Bonchev–Trinajstić information content (AvgIpc) is 2.67. The van der Waals surface area contributed by atoms with Crippen molar-refractivity contribution in [3.8, 4) is 0 Å². The smallest absolute Gasteiger partial charge is 0.417 e. The Balaban J connectivity index is 2.07. The molecule has 0 saturated heterocycles. The molecule has 0 atom stereocenters. The first-order chi connectivity index (χ1) is 8.63. The van der Waals surface area contributed by atoms with E-state index in [-0.39, 0.29) is 12.5 Å². The molecule has 1 aliphatic rings. The first-order valence-corrected chi connectivity index (χ1v) is 6.00. The van der Waals surface area contributed by atoms with Crippen molar-refractivity contribution in [2.24, 2.45) is 0 Å². The number of ether oxygens (including phenoxy) is 1. The lowest BCUT2D eigenvalue weighted by Crippen LogP contribution is -2.32. The van der Waals surface area contributed by atoms with Crippen LogP contribution in [0, 0.1) is 0 Å². The Labute approximate surface area is 106 Å². The van der Waals surface area contributed by atoms with Gasteiger partial charge < -0.3 is 10.5 Å². The van der Waals surface area contributed by atoms with Gasteiger partial charge in [-0.2, -0.15) is 0 Å². The van der Waals surface area contributed by atoms with Crippen LogP contribution in [0.25, 0.3) is 0 Å². The van der Waals surface area contributed by atoms with Crippen molar-refractivity contribution in [3.05, 3.63) is 29.3 Å². The molecule has 0 bridgehead atoms. The lowest BCUT2D eigenvalue weighted by Gasteiger charge is -2.13. The second kappa shape index (κ2) is 5.08. The minimum Gasteiger partial charge on any atom is -0.449 e. The first-order valence-electron chi connectivity index (χ1n) is 6.00. The summed E-state index contributed by atoms with van der Waals surface area (Å²) in [7, 11) is 0. The average molecular weight is 248 g/mol. The summed E-state index contributed by atoms with van der Waals surface area (Å²) in [5.74, 6) is -0.334. The second-order valence-electron chi connectivity index (χ2n) is 4.28. The van der Waals surface area contributed by atoms with Crippen molar-refractivity contribution in [3.63, 3.8) is 0 Å². The fourth-order valence-electron chi connectivity index (χ4n) is 1.85. The Morgan fingerprint density at radius 3 is 3.00 bits per heavy atom. The molecule has 0 spiro atoms. The molecular formula is C13H16N2O3. The van der Waals surface area contributed by atoms with Crippen molar-refractivity contribution in [2.45, 2.75) is 26.3 Å². The molecule has 0 aliphatic carbocycles. The van der Waals surface area contributed by atoms with Crippen LogP contribution in [-0.2, 0) is 11.3 Å². The molecule has 2 N–H and O–H groups in total. The maximum absolute atomic E-state index is 12.0. The van der Waals surface area contributed by atoms with Gasteiger partial charge in [-0.25, -0.2) is 9.69 Å². The van der Waals surface area contributed by atoms with Crippen LogP contribution in [-0.4, -0.2) is 23.5 Å². The van der Waals surface area contributed by atoms with Gasteiger partial charge in [0, 0.05) is 11.3 Å². The van der Waals surface area contributed by atoms with Gasteiger partial charge in [-0.05, 0) is 24.1 Å². The minimum absolute atomic E-state index is 0.263. The molecule has 1 aromatic rings. The van der Waals surface area contributed by atoms with Gasteiger partial charge in [0.05, 0.1) is 13.2 Å². The summed E-state index contributed by atoms with van der Waals surface area (Å²) in [4.78, 5) is 24.8. The van der Waals surface area contributed by atoms with Crippen LogP contribution in [0.5, 0.6) is 0 Å². The number of anilines is 1. The Hall–Kier alpha value is -2.04. The third kappa shape index (κ3) is 2.30. The fraction of sp³-hybridized carbons (Fsp3) is 0.385. The molecule has 18 heavy (non-hydrogen) atoms. The summed E-state index contributed by atoms with van der Waals surface area (Å²) >= 11 is 0. The first kappa shape index (κ1) is 12.4. The molecule has 1 heterocycles. The minimum atomic E-state index is -0.580. The maximum atomic E-state index is 12.0. The number of nitrogens with two attached hydrogens (primary N) is 1. The number of amides is 2. The zero-order valence-electron chi connectivity index (χ0n) is 10.3. The zero-order chi connectivity index (χ0) is 13.1. The Morgan fingerprint density at radius 1 is 1.50 bits per heavy atom. The number of rotatable bonds is 3. The van der Waals surface area contributed by atoms with E-state index >= 15 is 0 Å². The molecule has 0 fully saturated rings. The summed E-state index contributed by atoms with van der Waals surface area (Å²) in [6, 6.07) is 5.08. The van der Waals surface area contributed by atoms with Crippen molar-refractivity contribution < 1.29 is 14.3 Å². The predicted octanol–water partition coefficient (Wildman–Crippen LogP) is 2.16. The third-order valence-electron chi connectivity index (χ3n) is 2.88. The number of nitrogens with zero attached hydrogens (tertiary/aromatic N) is 1. The highest BCUT2D eigenvalue weighted by Gasteiger charge is 2.33.